The van der Waals surface area contributed by atoms with Crippen LogP contribution in [0.15, 0.2) is 12.1 Å². The molecule has 0 radical (unpaired) electrons. The van der Waals surface area contributed by atoms with Gasteiger partial charge in [0.2, 0.25) is 12.7 Å². The van der Waals surface area contributed by atoms with Crippen LogP contribution in [0.4, 0.5) is 5.69 Å². The molecule has 6 heteroatoms. The van der Waals surface area contributed by atoms with Crippen molar-refractivity contribution in [3.8, 4) is 11.5 Å². The first-order chi connectivity index (χ1) is 10.1. The Hall–Kier alpha value is -1.46. The maximum atomic E-state index is 12.7. The van der Waals surface area contributed by atoms with Crippen molar-refractivity contribution >= 4 is 23.2 Å². The Labute approximate surface area is 128 Å². The smallest absolute Gasteiger partial charge is 0.231 e. The molecule has 0 aliphatic carbocycles. The van der Waals surface area contributed by atoms with Crippen LogP contribution in [0, 0.1) is 5.41 Å². The second-order valence-electron chi connectivity index (χ2n) is 5.60. The van der Waals surface area contributed by atoms with Crippen molar-refractivity contribution in [2.75, 3.05) is 25.2 Å². The molecule has 3 rings (SSSR count). The molecule has 2 aliphatic heterocycles. The molecule has 1 aromatic rings. The van der Waals surface area contributed by atoms with Crippen molar-refractivity contribution < 1.29 is 14.3 Å². The molecule has 2 heterocycles. The van der Waals surface area contributed by atoms with E-state index in [0.717, 1.165) is 32.4 Å². The monoisotopic (exact) mass is 310 g/mol. The molecule has 0 spiro atoms. The van der Waals surface area contributed by atoms with Crippen LogP contribution in [-0.4, -0.2) is 25.8 Å². The van der Waals surface area contributed by atoms with E-state index in [4.69, 9.17) is 21.1 Å². The van der Waals surface area contributed by atoms with Crippen LogP contribution in [0.25, 0.3) is 0 Å². The SMILES string of the molecule is CCCC1(C(=O)Nc2cc3c(cc2Cl)OCO3)CCNC1. The third-order valence-electron chi connectivity index (χ3n) is 4.16. The molecule has 1 amide bonds. The minimum Gasteiger partial charge on any atom is -0.454 e. The van der Waals surface area contributed by atoms with E-state index in [1.807, 2.05) is 0 Å². The molecule has 0 bridgehead atoms. The first-order valence-electron chi connectivity index (χ1n) is 7.26. The van der Waals surface area contributed by atoms with Crippen LogP contribution in [0.1, 0.15) is 26.2 Å². The second-order valence-corrected chi connectivity index (χ2v) is 6.00. The molecule has 1 saturated heterocycles. The van der Waals surface area contributed by atoms with Crippen molar-refractivity contribution in [1.29, 1.82) is 0 Å². The lowest BCUT2D eigenvalue weighted by atomic mass is 9.81. The van der Waals surface area contributed by atoms with Gasteiger partial charge in [-0.05, 0) is 19.4 Å². The lowest BCUT2D eigenvalue weighted by Crippen LogP contribution is -2.38. The lowest BCUT2D eigenvalue weighted by Gasteiger charge is -2.26. The normalized spacial score (nSPS) is 23.3. The summed E-state index contributed by atoms with van der Waals surface area (Å²) in [6, 6.07) is 3.41. The van der Waals surface area contributed by atoms with E-state index < -0.39 is 0 Å². The summed E-state index contributed by atoms with van der Waals surface area (Å²) < 4.78 is 10.6. The van der Waals surface area contributed by atoms with Crippen LogP contribution in [0.5, 0.6) is 11.5 Å². The van der Waals surface area contributed by atoms with Crippen LogP contribution < -0.4 is 20.1 Å². The third kappa shape index (κ3) is 2.68. The number of amides is 1. The topological polar surface area (TPSA) is 59.6 Å². The average Bonchev–Trinajstić information content (AvgIpc) is 3.09. The summed E-state index contributed by atoms with van der Waals surface area (Å²) in [4.78, 5) is 12.7. The van der Waals surface area contributed by atoms with E-state index >= 15 is 0 Å². The highest BCUT2D eigenvalue weighted by Gasteiger charge is 2.40. The zero-order chi connectivity index (χ0) is 14.9. The zero-order valence-electron chi connectivity index (χ0n) is 12.0. The molecule has 1 unspecified atom stereocenters. The minimum atomic E-state index is -0.339. The van der Waals surface area contributed by atoms with Gasteiger partial charge in [0.15, 0.2) is 11.5 Å². The summed E-state index contributed by atoms with van der Waals surface area (Å²) in [6.07, 6.45) is 2.70. The fourth-order valence-corrected chi connectivity index (χ4v) is 3.21. The molecule has 5 nitrogen and oxygen atoms in total. The van der Waals surface area contributed by atoms with Crippen molar-refractivity contribution in [2.24, 2.45) is 5.41 Å². The van der Waals surface area contributed by atoms with Gasteiger partial charge < -0.3 is 20.1 Å². The highest BCUT2D eigenvalue weighted by molar-refractivity contribution is 6.34. The highest BCUT2D eigenvalue weighted by Crippen LogP contribution is 2.40. The molecular weight excluding hydrogens is 292 g/mol. The van der Waals surface area contributed by atoms with E-state index in [-0.39, 0.29) is 18.1 Å². The van der Waals surface area contributed by atoms with Gasteiger partial charge in [0.1, 0.15) is 0 Å². The Morgan fingerprint density at radius 3 is 2.86 bits per heavy atom. The van der Waals surface area contributed by atoms with Gasteiger partial charge in [-0.2, -0.15) is 0 Å². The predicted molar refractivity (Wildman–Crippen MR) is 81.0 cm³/mol. The number of benzene rings is 1. The fourth-order valence-electron chi connectivity index (χ4n) is 3.01. The molecule has 0 aromatic heterocycles. The van der Waals surface area contributed by atoms with Gasteiger partial charge in [-0.1, -0.05) is 24.9 Å². The van der Waals surface area contributed by atoms with Crippen LogP contribution in [0.2, 0.25) is 5.02 Å². The Morgan fingerprint density at radius 1 is 1.43 bits per heavy atom. The highest BCUT2D eigenvalue weighted by atomic mass is 35.5. The molecule has 21 heavy (non-hydrogen) atoms. The average molecular weight is 311 g/mol. The predicted octanol–water partition coefficient (Wildman–Crippen LogP) is 2.79. The van der Waals surface area contributed by atoms with E-state index in [1.165, 1.54) is 0 Å². The van der Waals surface area contributed by atoms with Gasteiger partial charge in [-0.3, -0.25) is 4.79 Å². The number of halogens is 1. The van der Waals surface area contributed by atoms with E-state index in [1.54, 1.807) is 12.1 Å². The molecule has 1 atom stereocenters. The van der Waals surface area contributed by atoms with Crippen molar-refractivity contribution in [1.82, 2.24) is 5.32 Å². The van der Waals surface area contributed by atoms with Gasteiger partial charge in [-0.25, -0.2) is 0 Å². The van der Waals surface area contributed by atoms with Gasteiger partial charge in [0.05, 0.1) is 16.1 Å². The fraction of sp³-hybridized carbons (Fsp3) is 0.533. The van der Waals surface area contributed by atoms with Crippen molar-refractivity contribution in [2.45, 2.75) is 26.2 Å². The Kier molecular flexibility index (Phi) is 3.95. The number of nitrogens with one attached hydrogen (secondary N) is 2. The number of carbonyl (C=O) groups excluding carboxylic acids is 1. The number of carbonyl (C=O) groups is 1. The second kappa shape index (κ2) is 5.73. The van der Waals surface area contributed by atoms with Gasteiger partial charge in [-0.15, -0.1) is 0 Å². The number of hydrogen-bond donors (Lipinski definition) is 2. The molecule has 2 aliphatic rings. The van der Waals surface area contributed by atoms with Crippen molar-refractivity contribution in [3.63, 3.8) is 0 Å². The standard InChI is InChI=1S/C15H19ClN2O3/c1-2-3-15(4-5-17-8-15)14(19)18-11-7-13-12(6-10(11)16)20-9-21-13/h6-7,17H,2-5,8-9H2,1H3,(H,18,19). The first-order valence-corrected chi connectivity index (χ1v) is 7.64. The Bertz CT molecular complexity index is 556. The summed E-state index contributed by atoms with van der Waals surface area (Å²) in [5.74, 6) is 1.25. The van der Waals surface area contributed by atoms with E-state index in [2.05, 4.69) is 17.6 Å². The largest absolute Gasteiger partial charge is 0.454 e. The summed E-state index contributed by atoms with van der Waals surface area (Å²) in [5.41, 5.74) is 0.238. The number of fused-ring (bicyclic) bond motifs is 1. The van der Waals surface area contributed by atoms with Gasteiger partial charge in [0.25, 0.3) is 0 Å². The Balaban J connectivity index is 1.81. The van der Waals surface area contributed by atoms with Crippen molar-refractivity contribution in [3.05, 3.63) is 17.2 Å². The molecule has 2 N–H and O–H groups in total. The summed E-state index contributed by atoms with van der Waals surface area (Å²) in [6.45, 7) is 3.88. The number of ether oxygens (including phenoxy) is 2. The van der Waals surface area contributed by atoms with E-state index in [0.29, 0.717) is 22.2 Å². The Morgan fingerprint density at radius 2 is 2.19 bits per heavy atom. The molecule has 114 valence electrons. The van der Waals surface area contributed by atoms with Gasteiger partial charge in [0, 0.05) is 18.7 Å². The first kappa shape index (κ1) is 14.5. The van der Waals surface area contributed by atoms with Gasteiger partial charge >= 0.3 is 0 Å². The molecular formula is C15H19ClN2O3. The third-order valence-corrected chi connectivity index (χ3v) is 4.48. The molecule has 1 aromatic carbocycles. The minimum absolute atomic E-state index is 0.0233. The molecule has 0 saturated carbocycles. The lowest BCUT2D eigenvalue weighted by molar-refractivity contribution is -0.125. The van der Waals surface area contributed by atoms with Crippen LogP contribution in [-0.2, 0) is 4.79 Å². The summed E-state index contributed by atoms with van der Waals surface area (Å²) >= 11 is 6.22. The van der Waals surface area contributed by atoms with E-state index in [9.17, 15) is 4.79 Å². The van der Waals surface area contributed by atoms with Crippen LogP contribution >= 0.6 is 11.6 Å². The maximum Gasteiger partial charge on any atom is 0.231 e. The number of rotatable bonds is 4. The zero-order valence-corrected chi connectivity index (χ0v) is 12.8. The quantitative estimate of drug-likeness (QED) is 0.898. The number of anilines is 1. The summed E-state index contributed by atoms with van der Waals surface area (Å²) in [7, 11) is 0. The van der Waals surface area contributed by atoms with Crippen LogP contribution in [0.3, 0.4) is 0 Å². The summed E-state index contributed by atoms with van der Waals surface area (Å²) in [5, 5.41) is 6.71. The molecule has 1 fully saturated rings. The number of hydrogen-bond acceptors (Lipinski definition) is 4. The maximum absolute atomic E-state index is 12.7.